The van der Waals surface area contributed by atoms with Gasteiger partial charge in [0.15, 0.2) is 0 Å². The van der Waals surface area contributed by atoms with Gasteiger partial charge in [0, 0.05) is 25.8 Å². The van der Waals surface area contributed by atoms with Crippen molar-refractivity contribution >= 4 is 5.69 Å². The van der Waals surface area contributed by atoms with Crippen molar-refractivity contribution in [2.24, 2.45) is 0 Å². The summed E-state index contributed by atoms with van der Waals surface area (Å²) in [5, 5.41) is 9.34. The molecule has 0 fully saturated rings. The molecule has 0 amide bonds. The number of phenolic OH excluding ortho intramolecular Hbond substituents is 1. The van der Waals surface area contributed by atoms with Crippen LogP contribution in [0.1, 0.15) is 5.48 Å². The standard InChI is InChI=1S/C8H11NO/c1-9(2)7-4-3-5-8(10)6-7/h3-6,10H,1-2H3/i3D,4D,5D,6D. The Hall–Kier alpha value is -1.18. The Bertz CT molecular complexity index is 349. The van der Waals surface area contributed by atoms with Crippen molar-refractivity contribution in [3.63, 3.8) is 0 Å². The molecule has 0 spiro atoms. The Morgan fingerprint density at radius 3 is 2.80 bits per heavy atom. The van der Waals surface area contributed by atoms with Gasteiger partial charge in [0.1, 0.15) is 5.75 Å². The van der Waals surface area contributed by atoms with Crippen LogP contribution in [-0.4, -0.2) is 19.2 Å². The van der Waals surface area contributed by atoms with Crippen molar-refractivity contribution in [2.75, 3.05) is 19.0 Å². The van der Waals surface area contributed by atoms with Gasteiger partial charge in [-0.05, 0) is 12.1 Å². The highest BCUT2D eigenvalue weighted by Crippen LogP contribution is 2.16. The fourth-order valence-electron chi connectivity index (χ4n) is 0.548. The molecule has 0 bridgehead atoms. The highest BCUT2D eigenvalue weighted by molar-refractivity contribution is 5.48. The number of phenols is 1. The lowest BCUT2D eigenvalue weighted by Gasteiger charge is -2.11. The maximum absolute atomic E-state index is 9.34. The Morgan fingerprint density at radius 1 is 1.50 bits per heavy atom. The molecular formula is C8H11NO. The van der Waals surface area contributed by atoms with E-state index in [9.17, 15) is 5.11 Å². The highest BCUT2D eigenvalue weighted by Gasteiger charge is 1.93. The van der Waals surface area contributed by atoms with Gasteiger partial charge in [0.25, 0.3) is 0 Å². The van der Waals surface area contributed by atoms with Gasteiger partial charge < -0.3 is 10.0 Å². The van der Waals surface area contributed by atoms with Crippen LogP contribution in [0.4, 0.5) is 5.69 Å². The van der Waals surface area contributed by atoms with Gasteiger partial charge in [-0.25, -0.2) is 0 Å². The SMILES string of the molecule is [2H]c1c([2H])c(O)c([2H])c(N(C)C)c1[2H]. The summed E-state index contributed by atoms with van der Waals surface area (Å²) >= 11 is 0. The summed E-state index contributed by atoms with van der Waals surface area (Å²) in [5.41, 5.74) is 0.156. The number of anilines is 1. The van der Waals surface area contributed by atoms with E-state index in [0.29, 0.717) is 0 Å². The van der Waals surface area contributed by atoms with Crippen LogP contribution in [0.5, 0.6) is 5.75 Å². The molecule has 0 saturated heterocycles. The molecular weight excluding hydrogens is 126 g/mol. The van der Waals surface area contributed by atoms with Gasteiger partial charge in [-0.2, -0.15) is 0 Å². The van der Waals surface area contributed by atoms with Crippen LogP contribution in [0.25, 0.3) is 0 Å². The van der Waals surface area contributed by atoms with Crippen molar-refractivity contribution in [1.82, 2.24) is 0 Å². The molecule has 0 unspecified atom stereocenters. The van der Waals surface area contributed by atoms with Gasteiger partial charge in [0.2, 0.25) is 0 Å². The molecule has 0 saturated carbocycles. The first-order valence-corrected chi connectivity index (χ1v) is 2.84. The number of benzene rings is 1. The van der Waals surface area contributed by atoms with Crippen LogP contribution in [-0.2, 0) is 0 Å². The van der Waals surface area contributed by atoms with E-state index >= 15 is 0 Å². The van der Waals surface area contributed by atoms with Crippen LogP contribution in [0, 0.1) is 0 Å². The van der Waals surface area contributed by atoms with Gasteiger partial charge >= 0.3 is 0 Å². The maximum Gasteiger partial charge on any atom is 0.117 e. The summed E-state index contributed by atoms with van der Waals surface area (Å²) in [6.07, 6.45) is 0. The molecule has 0 aromatic heterocycles. The first-order valence-electron chi connectivity index (χ1n) is 4.84. The zero-order valence-corrected chi connectivity index (χ0v) is 5.89. The molecule has 2 heteroatoms. The van der Waals surface area contributed by atoms with E-state index < -0.39 is 11.8 Å². The van der Waals surface area contributed by atoms with Crippen LogP contribution >= 0.6 is 0 Å². The van der Waals surface area contributed by atoms with E-state index in [1.165, 1.54) is 4.90 Å². The minimum absolute atomic E-state index is 0.156. The number of hydrogen-bond acceptors (Lipinski definition) is 2. The van der Waals surface area contributed by atoms with Crippen LogP contribution in [0.15, 0.2) is 24.2 Å². The Balaban J connectivity index is 3.60. The third-order valence-electron chi connectivity index (χ3n) is 1.05. The molecule has 54 valence electrons. The summed E-state index contributed by atoms with van der Waals surface area (Å²) in [6.45, 7) is 0. The van der Waals surface area contributed by atoms with E-state index in [2.05, 4.69) is 0 Å². The fourth-order valence-corrected chi connectivity index (χ4v) is 0.548. The second kappa shape index (κ2) is 2.60. The summed E-state index contributed by atoms with van der Waals surface area (Å²) < 4.78 is 29.7. The molecule has 1 N–H and O–H groups in total. The smallest absolute Gasteiger partial charge is 0.117 e. The lowest BCUT2D eigenvalue weighted by atomic mass is 10.3. The van der Waals surface area contributed by atoms with Crippen LogP contribution < -0.4 is 4.90 Å². The van der Waals surface area contributed by atoms with Crippen molar-refractivity contribution in [1.29, 1.82) is 0 Å². The normalized spacial score (nSPS) is 15.0. The number of hydrogen-bond donors (Lipinski definition) is 1. The molecule has 1 aromatic rings. The minimum Gasteiger partial charge on any atom is -0.508 e. The molecule has 0 aliphatic rings. The van der Waals surface area contributed by atoms with Crippen molar-refractivity contribution in [3.05, 3.63) is 24.2 Å². The molecule has 1 rings (SSSR count). The third kappa shape index (κ3) is 1.41. The van der Waals surface area contributed by atoms with Crippen LogP contribution in [0.2, 0.25) is 0 Å². The average molecular weight is 141 g/mol. The van der Waals surface area contributed by atoms with E-state index in [-0.39, 0.29) is 23.8 Å². The first kappa shape index (κ1) is 3.28. The molecule has 0 atom stereocenters. The molecule has 2 nitrogen and oxygen atoms in total. The van der Waals surface area contributed by atoms with Crippen molar-refractivity contribution < 1.29 is 10.6 Å². The molecule has 0 radical (unpaired) electrons. The fraction of sp³-hybridized carbons (Fsp3) is 0.250. The van der Waals surface area contributed by atoms with Gasteiger partial charge in [-0.1, -0.05) is 6.04 Å². The number of rotatable bonds is 1. The first-order chi connectivity index (χ1) is 6.37. The van der Waals surface area contributed by atoms with E-state index in [4.69, 9.17) is 5.48 Å². The molecule has 0 heterocycles. The lowest BCUT2D eigenvalue weighted by Crippen LogP contribution is -2.07. The number of nitrogens with zero attached hydrogens (tertiary/aromatic N) is 1. The Labute approximate surface area is 66.3 Å². The molecule has 0 aliphatic heterocycles. The van der Waals surface area contributed by atoms with E-state index in [1.54, 1.807) is 14.1 Å². The Morgan fingerprint density at radius 2 is 2.20 bits per heavy atom. The zero-order valence-electron chi connectivity index (χ0n) is 9.89. The Kier molecular flexibility index (Phi) is 0.854. The topological polar surface area (TPSA) is 23.5 Å². The zero-order chi connectivity index (χ0) is 11.0. The lowest BCUT2D eigenvalue weighted by molar-refractivity contribution is 0.475. The predicted octanol–water partition coefficient (Wildman–Crippen LogP) is 1.46. The van der Waals surface area contributed by atoms with Gasteiger partial charge in [-0.3, -0.25) is 0 Å². The molecule has 0 aliphatic carbocycles. The van der Waals surface area contributed by atoms with Gasteiger partial charge in [0.05, 0.1) is 5.48 Å². The quantitative estimate of drug-likeness (QED) is 0.640. The maximum atomic E-state index is 9.34. The monoisotopic (exact) mass is 141 g/mol. The predicted molar refractivity (Wildman–Crippen MR) is 42.4 cm³/mol. The summed E-state index contributed by atoms with van der Waals surface area (Å²) in [7, 11) is 3.24. The van der Waals surface area contributed by atoms with Crippen LogP contribution in [0.3, 0.4) is 0 Å². The van der Waals surface area contributed by atoms with Crippen molar-refractivity contribution in [2.45, 2.75) is 0 Å². The average Bonchev–Trinajstić information content (AvgIpc) is 2.11. The van der Waals surface area contributed by atoms with Gasteiger partial charge in [-0.15, -0.1) is 0 Å². The second-order valence-electron chi connectivity index (χ2n) is 2.09. The third-order valence-corrected chi connectivity index (χ3v) is 1.05. The highest BCUT2D eigenvalue weighted by atomic mass is 16.3. The second-order valence-corrected chi connectivity index (χ2v) is 2.09. The van der Waals surface area contributed by atoms with Crippen molar-refractivity contribution in [3.8, 4) is 5.75 Å². The summed E-state index contributed by atoms with van der Waals surface area (Å²) in [4.78, 5) is 1.47. The van der Waals surface area contributed by atoms with E-state index in [0.717, 1.165) is 0 Å². The molecule has 1 aromatic carbocycles. The summed E-state index contributed by atoms with van der Waals surface area (Å²) in [5.74, 6) is -0.547. The van der Waals surface area contributed by atoms with E-state index in [1.807, 2.05) is 0 Å². The largest absolute Gasteiger partial charge is 0.508 e. The minimum atomic E-state index is -0.547. The number of aromatic hydroxyl groups is 1. The molecule has 10 heavy (non-hydrogen) atoms. The summed E-state index contributed by atoms with van der Waals surface area (Å²) in [6, 6.07) is -1.31.